The molecule has 0 radical (unpaired) electrons. The normalized spacial score (nSPS) is 10.2. The van der Waals surface area contributed by atoms with Crippen LogP contribution in [-0.2, 0) is 14.3 Å². The highest BCUT2D eigenvalue weighted by Gasteiger charge is 2.05. The highest BCUT2D eigenvalue weighted by molar-refractivity contribution is 5.94. The molecule has 0 aromatic carbocycles. The number of allylic oxidation sites excluding steroid dienone is 1. The van der Waals surface area contributed by atoms with Crippen LogP contribution in [-0.4, -0.2) is 18.4 Å². The second-order valence-electron chi connectivity index (χ2n) is 5.05. The molecule has 3 heteroatoms. The predicted molar refractivity (Wildman–Crippen MR) is 78.0 cm³/mol. The zero-order valence-corrected chi connectivity index (χ0v) is 12.5. The fourth-order valence-electron chi connectivity index (χ4n) is 1.75. The van der Waals surface area contributed by atoms with Gasteiger partial charge in [0.25, 0.3) is 0 Å². The van der Waals surface area contributed by atoms with Crippen LogP contribution in [0.3, 0.4) is 0 Å². The van der Waals surface area contributed by atoms with Gasteiger partial charge >= 0.3 is 5.97 Å². The molecule has 0 aliphatic rings. The molecule has 0 fully saturated rings. The molecule has 0 bridgehead atoms. The molecule has 110 valence electrons. The van der Waals surface area contributed by atoms with Gasteiger partial charge in [-0.2, -0.15) is 0 Å². The lowest BCUT2D eigenvalue weighted by Gasteiger charge is -2.04. The fraction of sp³-hybridized carbons (Fsp3) is 0.750. The lowest BCUT2D eigenvalue weighted by molar-refractivity contribution is -0.144. The van der Waals surface area contributed by atoms with E-state index < -0.39 is 0 Å². The minimum absolute atomic E-state index is 0.0481. The molecule has 0 amide bonds. The van der Waals surface area contributed by atoms with Gasteiger partial charge in [-0.25, -0.2) is 0 Å². The van der Waals surface area contributed by atoms with Crippen LogP contribution in [0.25, 0.3) is 0 Å². The van der Waals surface area contributed by atoms with Crippen molar-refractivity contribution in [1.82, 2.24) is 0 Å². The van der Waals surface area contributed by atoms with Crippen molar-refractivity contribution in [3.8, 4) is 0 Å². The summed E-state index contributed by atoms with van der Waals surface area (Å²) in [4.78, 5) is 22.6. The third-order valence-corrected chi connectivity index (χ3v) is 3.02. The maximum absolute atomic E-state index is 11.4. The molecule has 0 aromatic heterocycles. The van der Waals surface area contributed by atoms with E-state index >= 15 is 0 Å². The van der Waals surface area contributed by atoms with Crippen molar-refractivity contribution in [2.75, 3.05) is 6.61 Å². The molecule has 0 aromatic rings. The first-order chi connectivity index (χ1) is 9.07. The van der Waals surface area contributed by atoms with Gasteiger partial charge < -0.3 is 4.74 Å². The zero-order valence-electron chi connectivity index (χ0n) is 12.5. The van der Waals surface area contributed by atoms with Gasteiger partial charge in [0.05, 0.1) is 6.61 Å². The number of hydrogen-bond donors (Lipinski definition) is 0. The number of esters is 1. The SMILES string of the molecule is C=C(C)C(=O)CCCOC(=O)CCCCCCCC. The van der Waals surface area contributed by atoms with Crippen molar-refractivity contribution in [2.45, 2.75) is 71.6 Å². The van der Waals surface area contributed by atoms with Crippen LogP contribution in [0.2, 0.25) is 0 Å². The Morgan fingerprint density at radius 3 is 2.21 bits per heavy atom. The smallest absolute Gasteiger partial charge is 0.305 e. The summed E-state index contributed by atoms with van der Waals surface area (Å²) in [5.41, 5.74) is 0.568. The first kappa shape index (κ1) is 17.9. The van der Waals surface area contributed by atoms with Gasteiger partial charge in [-0.05, 0) is 25.3 Å². The average Bonchev–Trinajstić information content (AvgIpc) is 2.38. The Balaban J connectivity index is 3.35. The largest absolute Gasteiger partial charge is 0.466 e. The van der Waals surface area contributed by atoms with Gasteiger partial charge in [-0.3, -0.25) is 9.59 Å². The number of carbonyl (C=O) groups excluding carboxylic acids is 2. The zero-order chi connectivity index (χ0) is 14.5. The Bertz CT molecular complexity index is 282. The molecule has 0 aliphatic heterocycles. The van der Waals surface area contributed by atoms with Crippen molar-refractivity contribution in [1.29, 1.82) is 0 Å². The molecule has 0 aliphatic carbocycles. The Morgan fingerprint density at radius 2 is 1.58 bits per heavy atom. The fourth-order valence-corrected chi connectivity index (χ4v) is 1.75. The number of unbranched alkanes of at least 4 members (excludes halogenated alkanes) is 5. The predicted octanol–water partition coefficient (Wildman–Crippen LogP) is 4.21. The monoisotopic (exact) mass is 268 g/mol. The summed E-state index contributed by atoms with van der Waals surface area (Å²) in [6.07, 6.45) is 8.50. The van der Waals surface area contributed by atoms with E-state index in [0.29, 0.717) is 31.4 Å². The molecule has 0 spiro atoms. The van der Waals surface area contributed by atoms with Gasteiger partial charge in [0, 0.05) is 12.8 Å². The second kappa shape index (κ2) is 11.9. The molecule has 0 saturated heterocycles. The van der Waals surface area contributed by atoms with Gasteiger partial charge in [0.1, 0.15) is 0 Å². The number of ketones is 1. The second-order valence-corrected chi connectivity index (χ2v) is 5.05. The molecule has 0 atom stereocenters. The minimum atomic E-state index is -0.140. The highest BCUT2D eigenvalue weighted by Crippen LogP contribution is 2.07. The summed E-state index contributed by atoms with van der Waals surface area (Å²) in [5, 5.41) is 0. The van der Waals surface area contributed by atoms with Crippen LogP contribution >= 0.6 is 0 Å². The van der Waals surface area contributed by atoms with Crippen molar-refractivity contribution >= 4 is 11.8 Å². The van der Waals surface area contributed by atoms with Gasteiger partial charge in [0.15, 0.2) is 5.78 Å². The van der Waals surface area contributed by atoms with Crippen LogP contribution in [0.15, 0.2) is 12.2 Å². The number of hydrogen-bond acceptors (Lipinski definition) is 3. The summed E-state index contributed by atoms with van der Waals surface area (Å²) in [5.74, 6) is -0.0924. The molecular formula is C16H28O3. The molecule has 0 rings (SSSR count). The average molecular weight is 268 g/mol. The van der Waals surface area contributed by atoms with Gasteiger partial charge in [-0.1, -0.05) is 45.6 Å². The van der Waals surface area contributed by atoms with E-state index in [2.05, 4.69) is 13.5 Å². The first-order valence-electron chi connectivity index (χ1n) is 7.42. The summed E-state index contributed by atoms with van der Waals surface area (Å²) < 4.78 is 5.08. The number of Topliss-reactive ketones (excluding diaryl/α,β-unsaturated/α-hetero) is 1. The van der Waals surface area contributed by atoms with Crippen LogP contribution in [0.1, 0.15) is 71.6 Å². The lowest BCUT2D eigenvalue weighted by atomic mass is 10.1. The Morgan fingerprint density at radius 1 is 0.947 bits per heavy atom. The molecule has 0 heterocycles. The summed E-state index contributed by atoms with van der Waals surface area (Å²) in [6.45, 7) is 7.82. The van der Waals surface area contributed by atoms with Crippen LogP contribution < -0.4 is 0 Å². The van der Waals surface area contributed by atoms with E-state index in [1.54, 1.807) is 6.92 Å². The van der Waals surface area contributed by atoms with E-state index in [-0.39, 0.29) is 11.8 Å². The topological polar surface area (TPSA) is 43.4 Å². The van der Waals surface area contributed by atoms with E-state index in [4.69, 9.17) is 4.74 Å². The first-order valence-corrected chi connectivity index (χ1v) is 7.42. The molecule has 0 unspecified atom stereocenters. The standard InChI is InChI=1S/C16H28O3/c1-4-5-6-7-8-9-12-16(18)19-13-10-11-15(17)14(2)3/h2,4-13H2,1,3H3. The van der Waals surface area contributed by atoms with Crippen LogP contribution in [0, 0.1) is 0 Å². The quantitative estimate of drug-likeness (QED) is 0.302. The summed E-state index contributed by atoms with van der Waals surface area (Å²) in [6, 6.07) is 0. The number of rotatable bonds is 12. The van der Waals surface area contributed by atoms with E-state index in [1.165, 1.54) is 25.7 Å². The third kappa shape index (κ3) is 11.7. The Labute approximate surface area is 117 Å². The molecule has 0 saturated carbocycles. The van der Waals surface area contributed by atoms with E-state index in [0.717, 1.165) is 12.8 Å². The minimum Gasteiger partial charge on any atom is -0.466 e. The van der Waals surface area contributed by atoms with E-state index in [1.807, 2.05) is 0 Å². The summed E-state index contributed by atoms with van der Waals surface area (Å²) in [7, 11) is 0. The Hall–Kier alpha value is -1.12. The maximum Gasteiger partial charge on any atom is 0.305 e. The summed E-state index contributed by atoms with van der Waals surface area (Å²) >= 11 is 0. The maximum atomic E-state index is 11.4. The van der Waals surface area contributed by atoms with Crippen molar-refractivity contribution in [3.63, 3.8) is 0 Å². The third-order valence-electron chi connectivity index (χ3n) is 3.02. The van der Waals surface area contributed by atoms with Crippen molar-refractivity contribution in [2.24, 2.45) is 0 Å². The van der Waals surface area contributed by atoms with Gasteiger partial charge in [-0.15, -0.1) is 0 Å². The van der Waals surface area contributed by atoms with Gasteiger partial charge in [0.2, 0.25) is 0 Å². The molecular weight excluding hydrogens is 240 g/mol. The van der Waals surface area contributed by atoms with Crippen molar-refractivity contribution in [3.05, 3.63) is 12.2 Å². The van der Waals surface area contributed by atoms with Crippen molar-refractivity contribution < 1.29 is 14.3 Å². The van der Waals surface area contributed by atoms with Crippen LogP contribution in [0.4, 0.5) is 0 Å². The number of carbonyl (C=O) groups is 2. The Kier molecular flexibility index (Phi) is 11.2. The number of ether oxygens (including phenoxy) is 1. The lowest BCUT2D eigenvalue weighted by Crippen LogP contribution is -2.07. The molecule has 0 N–H and O–H groups in total. The van der Waals surface area contributed by atoms with E-state index in [9.17, 15) is 9.59 Å². The van der Waals surface area contributed by atoms with Crippen LogP contribution in [0.5, 0.6) is 0 Å². The molecule has 3 nitrogen and oxygen atoms in total. The highest BCUT2D eigenvalue weighted by atomic mass is 16.5. The molecule has 19 heavy (non-hydrogen) atoms.